The maximum Gasteiger partial charge on any atom is 0.131 e. The fourth-order valence-electron chi connectivity index (χ4n) is 1.74. The van der Waals surface area contributed by atoms with Gasteiger partial charge in [-0.05, 0) is 19.3 Å². The number of nitrogen functional groups attached to an aromatic ring is 1. The summed E-state index contributed by atoms with van der Waals surface area (Å²) in [7, 11) is 0. The molecule has 2 rings (SSSR count). The number of rotatable bonds is 3. The van der Waals surface area contributed by atoms with Crippen molar-refractivity contribution >= 4 is 5.69 Å². The first-order chi connectivity index (χ1) is 6.81. The van der Waals surface area contributed by atoms with Crippen LogP contribution in [0.5, 0.6) is 0 Å². The zero-order valence-electron chi connectivity index (χ0n) is 8.66. The average molecular weight is 191 g/mol. The Balaban J connectivity index is 2.21. The zero-order chi connectivity index (χ0) is 9.97. The van der Waals surface area contributed by atoms with Crippen molar-refractivity contribution in [2.45, 2.75) is 44.9 Å². The molecule has 0 aliphatic heterocycles. The van der Waals surface area contributed by atoms with Crippen molar-refractivity contribution in [2.75, 3.05) is 5.73 Å². The third-order valence-corrected chi connectivity index (χ3v) is 2.88. The van der Waals surface area contributed by atoms with Crippen LogP contribution in [0.3, 0.4) is 0 Å². The average Bonchev–Trinajstić information content (AvgIpc) is 2.08. The summed E-state index contributed by atoms with van der Waals surface area (Å²) >= 11 is 0. The van der Waals surface area contributed by atoms with E-state index in [1.807, 2.05) is 0 Å². The molecule has 1 saturated carbocycles. The second-order valence-corrected chi connectivity index (χ2v) is 4.01. The SMILES string of the molecule is CCCc1nc(C2CCC2)ncc1N. The quantitative estimate of drug-likeness (QED) is 0.797. The normalized spacial score (nSPS) is 16.6. The van der Waals surface area contributed by atoms with Gasteiger partial charge in [0.05, 0.1) is 17.6 Å². The first-order valence-corrected chi connectivity index (χ1v) is 5.42. The number of anilines is 1. The molecule has 76 valence electrons. The van der Waals surface area contributed by atoms with Crippen LogP contribution in [-0.2, 0) is 6.42 Å². The van der Waals surface area contributed by atoms with Gasteiger partial charge in [0, 0.05) is 5.92 Å². The summed E-state index contributed by atoms with van der Waals surface area (Å²) in [5, 5.41) is 0. The Morgan fingerprint density at radius 2 is 2.29 bits per heavy atom. The van der Waals surface area contributed by atoms with Crippen molar-refractivity contribution in [2.24, 2.45) is 0 Å². The fourth-order valence-corrected chi connectivity index (χ4v) is 1.74. The molecule has 14 heavy (non-hydrogen) atoms. The number of aromatic nitrogens is 2. The molecular formula is C11H17N3. The summed E-state index contributed by atoms with van der Waals surface area (Å²) in [4.78, 5) is 8.85. The zero-order valence-corrected chi connectivity index (χ0v) is 8.66. The number of nitrogens with zero attached hydrogens (tertiary/aromatic N) is 2. The molecule has 2 N–H and O–H groups in total. The number of hydrogen-bond acceptors (Lipinski definition) is 3. The Hall–Kier alpha value is -1.12. The van der Waals surface area contributed by atoms with E-state index >= 15 is 0 Å². The van der Waals surface area contributed by atoms with Gasteiger partial charge in [-0.15, -0.1) is 0 Å². The molecule has 0 saturated heterocycles. The smallest absolute Gasteiger partial charge is 0.131 e. The molecule has 0 radical (unpaired) electrons. The monoisotopic (exact) mass is 191 g/mol. The Kier molecular flexibility index (Phi) is 2.66. The van der Waals surface area contributed by atoms with Crippen LogP contribution in [0.25, 0.3) is 0 Å². The molecular weight excluding hydrogens is 174 g/mol. The van der Waals surface area contributed by atoms with Gasteiger partial charge in [0.2, 0.25) is 0 Å². The second-order valence-electron chi connectivity index (χ2n) is 4.01. The summed E-state index contributed by atoms with van der Waals surface area (Å²) in [6.45, 7) is 2.14. The lowest BCUT2D eigenvalue weighted by Gasteiger charge is -2.24. The second kappa shape index (κ2) is 3.95. The molecule has 1 aliphatic carbocycles. The van der Waals surface area contributed by atoms with Crippen molar-refractivity contribution in [1.29, 1.82) is 0 Å². The molecule has 1 aromatic rings. The minimum absolute atomic E-state index is 0.603. The van der Waals surface area contributed by atoms with E-state index in [9.17, 15) is 0 Å². The van der Waals surface area contributed by atoms with E-state index in [2.05, 4.69) is 16.9 Å². The van der Waals surface area contributed by atoms with Gasteiger partial charge in [-0.1, -0.05) is 19.8 Å². The van der Waals surface area contributed by atoms with E-state index < -0.39 is 0 Å². The maximum absolute atomic E-state index is 5.81. The predicted molar refractivity (Wildman–Crippen MR) is 57.0 cm³/mol. The summed E-state index contributed by atoms with van der Waals surface area (Å²) in [6.07, 6.45) is 7.64. The molecule has 0 bridgehead atoms. The standard InChI is InChI=1S/C11H17N3/c1-2-4-10-9(12)7-13-11(14-10)8-5-3-6-8/h7-8H,2-6,12H2,1H3. The van der Waals surface area contributed by atoms with Crippen molar-refractivity contribution in [1.82, 2.24) is 9.97 Å². The van der Waals surface area contributed by atoms with Crippen LogP contribution in [0, 0.1) is 0 Å². The van der Waals surface area contributed by atoms with Gasteiger partial charge in [-0.2, -0.15) is 0 Å². The third-order valence-electron chi connectivity index (χ3n) is 2.88. The van der Waals surface area contributed by atoms with E-state index in [0.717, 1.165) is 30.0 Å². The largest absolute Gasteiger partial charge is 0.396 e. The molecule has 3 nitrogen and oxygen atoms in total. The van der Waals surface area contributed by atoms with Crippen molar-refractivity contribution in [3.05, 3.63) is 17.7 Å². The first kappa shape index (κ1) is 9.44. The highest BCUT2D eigenvalue weighted by Gasteiger charge is 2.22. The molecule has 1 heterocycles. The van der Waals surface area contributed by atoms with Crippen LogP contribution in [0.15, 0.2) is 6.20 Å². The maximum atomic E-state index is 5.81. The minimum Gasteiger partial charge on any atom is -0.396 e. The van der Waals surface area contributed by atoms with Gasteiger partial charge >= 0.3 is 0 Å². The van der Waals surface area contributed by atoms with E-state index in [4.69, 9.17) is 5.73 Å². The summed E-state index contributed by atoms with van der Waals surface area (Å²) in [6, 6.07) is 0. The molecule has 0 unspecified atom stereocenters. The fraction of sp³-hybridized carbons (Fsp3) is 0.636. The highest BCUT2D eigenvalue weighted by molar-refractivity contribution is 5.40. The third kappa shape index (κ3) is 1.72. The molecule has 0 amide bonds. The highest BCUT2D eigenvalue weighted by Crippen LogP contribution is 2.34. The van der Waals surface area contributed by atoms with E-state index in [-0.39, 0.29) is 0 Å². The van der Waals surface area contributed by atoms with Crippen LogP contribution in [-0.4, -0.2) is 9.97 Å². The topological polar surface area (TPSA) is 51.8 Å². The lowest BCUT2D eigenvalue weighted by atomic mass is 9.85. The van der Waals surface area contributed by atoms with Crippen LogP contribution >= 0.6 is 0 Å². The summed E-state index contributed by atoms with van der Waals surface area (Å²) in [5.41, 5.74) is 7.59. The van der Waals surface area contributed by atoms with Crippen molar-refractivity contribution in [3.8, 4) is 0 Å². The van der Waals surface area contributed by atoms with Crippen molar-refractivity contribution in [3.63, 3.8) is 0 Å². The molecule has 1 fully saturated rings. The minimum atomic E-state index is 0.603. The van der Waals surface area contributed by atoms with Crippen LogP contribution in [0.4, 0.5) is 5.69 Å². The van der Waals surface area contributed by atoms with Gasteiger partial charge in [0.15, 0.2) is 0 Å². The van der Waals surface area contributed by atoms with Gasteiger partial charge in [-0.3, -0.25) is 0 Å². The van der Waals surface area contributed by atoms with E-state index in [0.29, 0.717) is 5.92 Å². The van der Waals surface area contributed by atoms with Gasteiger partial charge in [-0.25, -0.2) is 9.97 Å². The summed E-state index contributed by atoms with van der Waals surface area (Å²) in [5.74, 6) is 1.61. The van der Waals surface area contributed by atoms with Crippen LogP contribution in [0.1, 0.15) is 50.0 Å². The molecule has 3 heteroatoms. The Morgan fingerprint density at radius 1 is 1.50 bits per heavy atom. The predicted octanol–water partition coefficient (Wildman–Crippen LogP) is 2.28. The molecule has 1 aromatic heterocycles. The van der Waals surface area contributed by atoms with Gasteiger partial charge < -0.3 is 5.73 Å². The number of hydrogen-bond donors (Lipinski definition) is 1. The van der Waals surface area contributed by atoms with E-state index in [1.165, 1.54) is 19.3 Å². The van der Waals surface area contributed by atoms with Gasteiger partial charge in [0.25, 0.3) is 0 Å². The molecule has 1 aliphatic rings. The Morgan fingerprint density at radius 3 is 2.86 bits per heavy atom. The summed E-state index contributed by atoms with van der Waals surface area (Å²) < 4.78 is 0. The van der Waals surface area contributed by atoms with E-state index in [1.54, 1.807) is 6.20 Å². The van der Waals surface area contributed by atoms with Gasteiger partial charge in [0.1, 0.15) is 5.82 Å². The van der Waals surface area contributed by atoms with Crippen molar-refractivity contribution < 1.29 is 0 Å². The molecule has 0 atom stereocenters. The molecule has 0 spiro atoms. The number of nitrogens with two attached hydrogens (primary N) is 1. The first-order valence-electron chi connectivity index (χ1n) is 5.42. The highest BCUT2D eigenvalue weighted by atomic mass is 14.9. The van der Waals surface area contributed by atoms with Crippen LogP contribution < -0.4 is 5.73 Å². The lowest BCUT2D eigenvalue weighted by Crippen LogP contribution is -2.14. The Bertz CT molecular complexity index is 318. The van der Waals surface area contributed by atoms with Crippen LogP contribution in [0.2, 0.25) is 0 Å². The Labute approximate surface area is 84.8 Å². The number of aryl methyl sites for hydroxylation is 1. The molecule has 0 aromatic carbocycles. The lowest BCUT2D eigenvalue weighted by molar-refractivity contribution is 0.400.